The highest BCUT2D eigenvalue weighted by Gasteiger charge is 2.44. The largest absolute Gasteiger partial charge is 0.377 e. The van der Waals surface area contributed by atoms with Gasteiger partial charge in [-0.25, -0.2) is 0 Å². The van der Waals surface area contributed by atoms with Crippen molar-refractivity contribution in [1.29, 1.82) is 0 Å². The van der Waals surface area contributed by atoms with Gasteiger partial charge in [-0.1, -0.05) is 13.3 Å². The van der Waals surface area contributed by atoms with Crippen molar-refractivity contribution in [3.8, 4) is 0 Å². The number of ether oxygens (including phenoxy) is 1. The molecule has 0 saturated carbocycles. The van der Waals surface area contributed by atoms with Gasteiger partial charge in [0.15, 0.2) is 0 Å². The second kappa shape index (κ2) is 5.48. The maximum atomic E-state index is 5.80. The van der Waals surface area contributed by atoms with Crippen LogP contribution in [-0.2, 0) is 4.74 Å². The molecule has 3 nitrogen and oxygen atoms in total. The van der Waals surface area contributed by atoms with Crippen molar-refractivity contribution in [3.63, 3.8) is 0 Å². The van der Waals surface area contributed by atoms with Crippen molar-refractivity contribution in [3.05, 3.63) is 0 Å². The van der Waals surface area contributed by atoms with Crippen LogP contribution in [0.1, 0.15) is 52.4 Å². The lowest BCUT2D eigenvalue weighted by Gasteiger charge is -2.52. The van der Waals surface area contributed by atoms with Gasteiger partial charge < -0.3 is 10.1 Å². The minimum Gasteiger partial charge on any atom is -0.377 e. The second-order valence-electron chi connectivity index (χ2n) is 6.34. The summed E-state index contributed by atoms with van der Waals surface area (Å²) >= 11 is 0. The standard InChI is InChI=1S/C15H28N2O/c1-3-16-12-9-13-5-4-6-14(10-12)17(13)15-7-8-18-11(15)2/h11-16H,3-10H2,1-2H3. The van der Waals surface area contributed by atoms with Crippen molar-refractivity contribution in [2.45, 2.75) is 82.6 Å². The fraction of sp³-hybridized carbons (Fsp3) is 1.00. The van der Waals surface area contributed by atoms with E-state index in [0.717, 1.165) is 31.3 Å². The van der Waals surface area contributed by atoms with Crippen LogP contribution in [-0.4, -0.2) is 48.3 Å². The van der Waals surface area contributed by atoms with E-state index in [2.05, 4.69) is 24.1 Å². The summed E-state index contributed by atoms with van der Waals surface area (Å²) in [4.78, 5) is 2.86. The molecule has 3 heterocycles. The van der Waals surface area contributed by atoms with Crippen LogP contribution in [0.4, 0.5) is 0 Å². The van der Waals surface area contributed by atoms with E-state index in [0.29, 0.717) is 12.1 Å². The summed E-state index contributed by atoms with van der Waals surface area (Å²) in [6.07, 6.45) is 8.65. The smallest absolute Gasteiger partial charge is 0.0703 e. The topological polar surface area (TPSA) is 24.5 Å². The van der Waals surface area contributed by atoms with Crippen LogP contribution in [0.5, 0.6) is 0 Å². The third-order valence-corrected chi connectivity index (χ3v) is 5.24. The van der Waals surface area contributed by atoms with E-state index in [-0.39, 0.29) is 0 Å². The first-order valence-electron chi connectivity index (χ1n) is 7.92. The van der Waals surface area contributed by atoms with Gasteiger partial charge in [0.05, 0.1) is 6.10 Å². The average molecular weight is 252 g/mol. The Bertz CT molecular complexity index is 270. The highest BCUT2D eigenvalue weighted by Crippen LogP contribution is 2.38. The molecule has 0 aromatic carbocycles. The number of piperidine rings is 2. The van der Waals surface area contributed by atoms with E-state index in [1.165, 1.54) is 38.5 Å². The first-order chi connectivity index (χ1) is 8.79. The molecule has 0 aromatic heterocycles. The molecule has 0 radical (unpaired) electrons. The van der Waals surface area contributed by atoms with Gasteiger partial charge in [0, 0.05) is 30.8 Å². The molecule has 3 saturated heterocycles. The van der Waals surface area contributed by atoms with Crippen molar-refractivity contribution in [2.24, 2.45) is 0 Å². The molecule has 4 atom stereocenters. The predicted octanol–water partition coefficient (Wildman–Crippen LogP) is 2.16. The Labute approximate surface area is 111 Å². The summed E-state index contributed by atoms with van der Waals surface area (Å²) in [5.41, 5.74) is 0. The molecule has 18 heavy (non-hydrogen) atoms. The third-order valence-electron chi connectivity index (χ3n) is 5.24. The molecule has 3 aliphatic rings. The molecule has 0 spiro atoms. The zero-order valence-corrected chi connectivity index (χ0v) is 11.9. The molecular formula is C15H28N2O. The van der Waals surface area contributed by atoms with Crippen LogP contribution in [0.3, 0.4) is 0 Å². The maximum Gasteiger partial charge on any atom is 0.0703 e. The van der Waals surface area contributed by atoms with Crippen molar-refractivity contribution < 1.29 is 4.74 Å². The summed E-state index contributed by atoms with van der Waals surface area (Å²) in [5.74, 6) is 0. The van der Waals surface area contributed by atoms with Crippen LogP contribution in [0.25, 0.3) is 0 Å². The average Bonchev–Trinajstić information content (AvgIpc) is 2.74. The molecule has 4 unspecified atom stereocenters. The quantitative estimate of drug-likeness (QED) is 0.833. The highest BCUT2D eigenvalue weighted by molar-refractivity contribution is 4.99. The van der Waals surface area contributed by atoms with Gasteiger partial charge in [0.2, 0.25) is 0 Å². The van der Waals surface area contributed by atoms with Crippen molar-refractivity contribution in [1.82, 2.24) is 10.2 Å². The van der Waals surface area contributed by atoms with E-state index in [9.17, 15) is 0 Å². The number of nitrogens with one attached hydrogen (secondary N) is 1. The number of rotatable bonds is 3. The van der Waals surface area contributed by atoms with Crippen molar-refractivity contribution >= 4 is 0 Å². The normalized spacial score (nSPS) is 45.3. The van der Waals surface area contributed by atoms with Gasteiger partial charge in [0.1, 0.15) is 0 Å². The van der Waals surface area contributed by atoms with Gasteiger partial charge >= 0.3 is 0 Å². The molecule has 1 N–H and O–H groups in total. The zero-order valence-electron chi connectivity index (χ0n) is 11.9. The first kappa shape index (κ1) is 12.9. The zero-order chi connectivity index (χ0) is 12.5. The Hall–Kier alpha value is -0.120. The monoisotopic (exact) mass is 252 g/mol. The lowest BCUT2D eigenvalue weighted by molar-refractivity contribution is -0.0327. The number of hydrogen-bond acceptors (Lipinski definition) is 3. The van der Waals surface area contributed by atoms with Gasteiger partial charge in [0.25, 0.3) is 0 Å². The molecule has 104 valence electrons. The Balaban J connectivity index is 1.71. The molecule has 3 aliphatic heterocycles. The molecule has 2 bridgehead atoms. The number of nitrogens with zero attached hydrogens (tertiary/aromatic N) is 1. The van der Waals surface area contributed by atoms with Crippen LogP contribution >= 0.6 is 0 Å². The number of fused-ring (bicyclic) bond motifs is 2. The Kier molecular flexibility index (Phi) is 3.92. The van der Waals surface area contributed by atoms with Gasteiger partial charge in [-0.15, -0.1) is 0 Å². The molecule has 3 fully saturated rings. The van der Waals surface area contributed by atoms with Crippen LogP contribution in [0.15, 0.2) is 0 Å². The van der Waals surface area contributed by atoms with E-state index >= 15 is 0 Å². The summed E-state index contributed by atoms with van der Waals surface area (Å²) in [5, 5.41) is 3.68. The lowest BCUT2D eigenvalue weighted by atomic mass is 9.80. The summed E-state index contributed by atoms with van der Waals surface area (Å²) in [7, 11) is 0. The van der Waals surface area contributed by atoms with Gasteiger partial charge in [-0.3, -0.25) is 4.90 Å². The molecule has 3 heteroatoms. The first-order valence-corrected chi connectivity index (χ1v) is 7.92. The SMILES string of the molecule is CCNC1CC2CCCC(C1)N2C1CCOC1C. The van der Waals surface area contributed by atoms with Gasteiger partial charge in [-0.2, -0.15) is 0 Å². The summed E-state index contributed by atoms with van der Waals surface area (Å²) < 4.78 is 5.80. The van der Waals surface area contributed by atoms with E-state index in [1.54, 1.807) is 0 Å². The summed E-state index contributed by atoms with van der Waals surface area (Å²) in [6, 6.07) is 3.09. The minimum absolute atomic E-state index is 0.448. The highest BCUT2D eigenvalue weighted by atomic mass is 16.5. The van der Waals surface area contributed by atoms with Crippen LogP contribution in [0.2, 0.25) is 0 Å². The molecule has 0 amide bonds. The van der Waals surface area contributed by atoms with Crippen LogP contribution < -0.4 is 5.32 Å². The van der Waals surface area contributed by atoms with Crippen LogP contribution in [0, 0.1) is 0 Å². The molecule has 3 rings (SSSR count). The predicted molar refractivity (Wildman–Crippen MR) is 73.8 cm³/mol. The van der Waals surface area contributed by atoms with Gasteiger partial charge in [-0.05, 0) is 45.6 Å². The lowest BCUT2D eigenvalue weighted by Crippen LogP contribution is -2.60. The molecule has 0 aliphatic carbocycles. The Morgan fingerprint density at radius 3 is 2.44 bits per heavy atom. The third kappa shape index (κ3) is 2.33. The van der Waals surface area contributed by atoms with E-state index < -0.39 is 0 Å². The molecular weight excluding hydrogens is 224 g/mol. The molecule has 0 aromatic rings. The summed E-state index contributed by atoms with van der Waals surface area (Å²) in [6.45, 7) is 6.59. The Morgan fingerprint density at radius 1 is 1.17 bits per heavy atom. The fourth-order valence-corrected chi connectivity index (χ4v) is 4.53. The fourth-order valence-electron chi connectivity index (χ4n) is 4.53. The van der Waals surface area contributed by atoms with E-state index in [1.807, 2.05) is 0 Å². The van der Waals surface area contributed by atoms with E-state index in [4.69, 9.17) is 4.74 Å². The Morgan fingerprint density at radius 2 is 1.89 bits per heavy atom. The number of hydrogen-bond donors (Lipinski definition) is 1. The maximum absolute atomic E-state index is 5.80. The second-order valence-corrected chi connectivity index (χ2v) is 6.34. The van der Waals surface area contributed by atoms with Crippen molar-refractivity contribution in [2.75, 3.05) is 13.2 Å². The minimum atomic E-state index is 0.448.